The highest BCUT2D eigenvalue weighted by atomic mass is 19.4. The fraction of sp³-hybridized carbons (Fsp3) is 0.0238. The van der Waals surface area contributed by atoms with Crippen molar-refractivity contribution >= 4 is 56.8 Å². The monoisotopic (exact) mass is 778 g/mol. The second-order valence-electron chi connectivity index (χ2n) is 12.0. The van der Waals surface area contributed by atoms with Gasteiger partial charge in [-0.2, -0.15) is 4.98 Å². The molecule has 0 aliphatic carbocycles. The SMILES string of the molecule is O=c1c2ccccc2oc2cc(O)ccc12.O=c1nc(Nc2ccc(OC(F)(F)F)cc2)oc2ccccc12.Oc1cc(O)cc(/C=C/c2ccc(O)c(O)c2)c1. The van der Waals surface area contributed by atoms with Gasteiger partial charge in [0.1, 0.15) is 39.7 Å². The van der Waals surface area contributed by atoms with Crippen molar-refractivity contribution < 1.29 is 52.3 Å². The van der Waals surface area contributed by atoms with Crippen LogP contribution >= 0.6 is 0 Å². The number of para-hydroxylation sites is 2. The van der Waals surface area contributed by atoms with E-state index in [1.54, 1.807) is 72.8 Å². The lowest BCUT2D eigenvalue weighted by atomic mass is 10.1. The van der Waals surface area contributed by atoms with Gasteiger partial charge in [-0.05, 0) is 96.1 Å². The normalized spacial score (nSPS) is 11.1. The number of alkyl halides is 3. The molecule has 0 amide bonds. The number of hydrogen-bond acceptors (Lipinski definition) is 12. The summed E-state index contributed by atoms with van der Waals surface area (Å²) in [6.45, 7) is 0. The average Bonchev–Trinajstić information content (AvgIpc) is 3.16. The number of rotatable bonds is 5. The van der Waals surface area contributed by atoms with Crippen LogP contribution in [0.5, 0.6) is 34.5 Å². The van der Waals surface area contributed by atoms with E-state index >= 15 is 0 Å². The molecule has 0 aliphatic heterocycles. The smallest absolute Gasteiger partial charge is 0.508 e. The summed E-state index contributed by atoms with van der Waals surface area (Å²) in [4.78, 5) is 27.6. The number of benzene rings is 6. The number of nitrogens with zero attached hydrogens (tertiary/aromatic N) is 1. The van der Waals surface area contributed by atoms with Crippen molar-refractivity contribution in [3.8, 4) is 34.5 Å². The van der Waals surface area contributed by atoms with Gasteiger partial charge in [-0.25, -0.2) is 0 Å². The second kappa shape index (κ2) is 16.6. The predicted molar refractivity (Wildman–Crippen MR) is 207 cm³/mol. The van der Waals surface area contributed by atoms with Crippen molar-refractivity contribution in [2.45, 2.75) is 6.36 Å². The highest BCUT2D eigenvalue weighted by Gasteiger charge is 2.31. The largest absolute Gasteiger partial charge is 0.573 e. The molecule has 12 nitrogen and oxygen atoms in total. The summed E-state index contributed by atoms with van der Waals surface area (Å²) in [6, 6.07) is 31.7. The van der Waals surface area contributed by atoms with Gasteiger partial charge < -0.3 is 44.4 Å². The first-order valence-corrected chi connectivity index (χ1v) is 16.6. The van der Waals surface area contributed by atoms with Gasteiger partial charge in [-0.15, -0.1) is 13.2 Å². The molecular formula is C42H29F3N2O10. The molecule has 0 aliphatic rings. The van der Waals surface area contributed by atoms with Crippen LogP contribution in [0.2, 0.25) is 0 Å². The van der Waals surface area contributed by atoms with Crippen LogP contribution in [0.3, 0.4) is 0 Å². The van der Waals surface area contributed by atoms with Crippen LogP contribution in [0.15, 0.2) is 146 Å². The number of phenolic OH excluding ortho intramolecular Hbond substituents is 5. The number of aromatic hydroxyl groups is 5. The molecule has 15 heteroatoms. The first-order valence-electron chi connectivity index (χ1n) is 16.6. The molecular weight excluding hydrogens is 749 g/mol. The molecule has 288 valence electrons. The summed E-state index contributed by atoms with van der Waals surface area (Å²) < 4.78 is 51.0. The molecule has 0 saturated carbocycles. The quantitative estimate of drug-likeness (QED) is 0.0552. The third-order valence-electron chi connectivity index (χ3n) is 7.82. The molecule has 2 aromatic heterocycles. The third-order valence-corrected chi connectivity index (χ3v) is 7.82. The topological polar surface area (TPSA) is 196 Å². The van der Waals surface area contributed by atoms with Gasteiger partial charge in [0.05, 0.1) is 16.2 Å². The maximum absolute atomic E-state index is 12.1. The van der Waals surface area contributed by atoms with Gasteiger partial charge in [-0.3, -0.25) is 9.59 Å². The molecule has 0 atom stereocenters. The number of anilines is 2. The molecule has 2 heterocycles. The summed E-state index contributed by atoms with van der Waals surface area (Å²) >= 11 is 0. The van der Waals surface area contributed by atoms with Crippen LogP contribution in [-0.2, 0) is 0 Å². The van der Waals surface area contributed by atoms with Gasteiger partial charge in [-0.1, -0.05) is 42.5 Å². The van der Waals surface area contributed by atoms with Crippen molar-refractivity contribution in [2.24, 2.45) is 0 Å². The summed E-state index contributed by atoms with van der Waals surface area (Å²) in [5.41, 5.74) is 2.46. The Bertz CT molecular complexity index is 2830. The standard InChI is InChI=1S/C15H9F3N2O3.C14H12O4.C13H8O3/c16-15(17,18)23-10-7-5-9(6-8-10)19-14-20-13(21)11-3-1-2-4-12(11)22-14;15-11-5-10(6-12(16)8-11)2-1-9-3-4-13(17)14(18)7-9;14-8-5-6-10-12(7-8)16-11-4-2-1-3-9(11)13(10)15/h1-8H,(H,19,20,21);1-8,15-18H;1-7,14H/b;2-1+;. The number of phenols is 5. The number of aromatic nitrogens is 1. The van der Waals surface area contributed by atoms with Gasteiger partial charge in [0, 0.05) is 17.8 Å². The van der Waals surface area contributed by atoms with E-state index in [2.05, 4.69) is 15.0 Å². The fourth-order valence-corrected chi connectivity index (χ4v) is 5.27. The zero-order valence-corrected chi connectivity index (χ0v) is 29.1. The Hall–Kier alpha value is -7.94. The lowest BCUT2D eigenvalue weighted by molar-refractivity contribution is -0.274. The maximum atomic E-state index is 12.1. The minimum atomic E-state index is -4.75. The molecule has 0 fully saturated rings. The van der Waals surface area contributed by atoms with E-state index in [9.17, 15) is 43.2 Å². The average molecular weight is 779 g/mol. The zero-order chi connectivity index (χ0) is 40.7. The Kier molecular flexibility index (Phi) is 11.3. The summed E-state index contributed by atoms with van der Waals surface area (Å²) in [7, 11) is 0. The van der Waals surface area contributed by atoms with Gasteiger partial charge in [0.15, 0.2) is 11.5 Å². The Labute approximate surface area is 318 Å². The molecule has 0 spiro atoms. The van der Waals surface area contributed by atoms with Crippen molar-refractivity contribution in [2.75, 3.05) is 5.32 Å². The molecule has 0 bridgehead atoms. The molecule has 8 aromatic rings. The van der Waals surface area contributed by atoms with Gasteiger partial charge in [0.25, 0.3) is 5.56 Å². The van der Waals surface area contributed by atoms with Crippen molar-refractivity contribution in [3.05, 3.63) is 159 Å². The Morgan fingerprint density at radius 1 is 0.579 bits per heavy atom. The van der Waals surface area contributed by atoms with Gasteiger partial charge >= 0.3 is 12.4 Å². The highest BCUT2D eigenvalue weighted by Crippen LogP contribution is 2.28. The number of fused-ring (bicyclic) bond motifs is 3. The molecule has 0 saturated heterocycles. The van der Waals surface area contributed by atoms with E-state index in [4.69, 9.17) is 13.9 Å². The summed E-state index contributed by atoms with van der Waals surface area (Å²) in [6.07, 6.45) is -1.39. The molecule has 8 rings (SSSR count). The number of hydrogen-bond donors (Lipinski definition) is 6. The van der Waals surface area contributed by atoms with Crippen molar-refractivity contribution in [1.82, 2.24) is 4.98 Å². The van der Waals surface area contributed by atoms with Crippen LogP contribution in [0.4, 0.5) is 24.9 Å². The lowest BCUT2D eigenvalue weighted by Gasteiger charge is -2.09. The Morgan fingerprint density at radius 2 is 1.19 bits per heavy atom. The summed E-state index contributed by atoms with van der Waals surface area (Å²) in [5.74, 6) is -0.689. The molecule has 0 radical (unpaired) electrons. The highest BCUT2D eigenvalue weighted by molar-refractivity contribution is 5.90. The number of halogens is 3. The van der Waals surface area contributed by atoms with Crippen LogP contribution < -0.4 is 21.0 Å². The van der Waals surface area contributed by atoms with E-state index < -0.39 is 11.9 Å². The van der Waals surface area contributed by atoms with Crippen molar-refractivity contribution in [1.29, 1.82) is 0 Å². The van der Waals surface area contributed by atoms with E-state index in [-0.39, 0.29) is 45.9 Å². The van der Waals surface area contributed by atoms with Crippen LogP contribution in [0, 0.1) is 0 Å². The Morgan fingerprint density at radius 3 is 1.86 bits per heavy atom. The Balaban J connectivity index is 0.000000147. The third kappa shape index (κ3) is 10.2. The van der Waals surface area contributed by atoms with Gasteiger partial charge in [0.2, 0.25) is 5.43 Å². The minimum absolute atomic E-state index is 0.0248. The van der Waals surface area contributed by atoms with E-state index in [0.717, 1.165) is 12.1 Å². The lowest BCUT2D eigenvalue weighted by Crippen LogP contribution is -2.17. The van der Waals surface area contributed by atoms with Crippen molar-refractivity contribution in [3.63, 3.8) is 0 Å². The van der Waals surface area contributed by atoms with Crippen LogP contribution in [-0.4, -0.2) is 36.9 Å². The maximum Gasteiger partial charge on any atom is 0.573 e. The molecule has 0 unspecified atom stereocenters. The number of nitrogens with one attached hydrogen (secondary N) is 1. The van der Waals surface area contributed by atoms with E-state index in [1.807, 2.05) is 0 Å². The van der Waals surface area contributed by atoms with E-state index in [0.29, 0.717) is 49.7 Å². The second-order valence-corrected chi connectivity index (χ2v) is 12.0. The molecule has 6 N–H and O–H groups in total. The minimum Gasteiger partial charge on any atom is -0.508 e. The van der Waals surface area contributed by atoms with Crippen LogP contribution in [0.1, 0.15) is 11.1 Å². The van der Waals surface area contributed by atoms with E-state index in [1.165, 1.54) is 54.6 Å². The summed E-state index contributed by atoms with van der Waals surface area (Å²) in [5, 5.41) is 50.5. The van der Waals surface area contributed by atoms with Crippen LogP contribution in [0.25, 0.3) is 45.1 Å². The molecule has 57 heavy (non-hydrogen) atoms. The zero-order valence-electron chi connectivity index (χ0n) is 29.1. The fourth-order valence-electron chi connectivity index (χ4n) is 5.27. The first kappa shape index (κ1) is 38.8. The number of ether oxygens (including phenoxy) is 1. The predicted octanol–water partition coefficient (Wildman–Crippen LogP) is 9.16. The molecule has 6 aromatic carbocycles. The first-order chi connectivity index (χ1) is 27.2.